The lowest BCUT2D eigenvalue weighted by atomic mass is 10.0. The van der Waals surface area contributed by atoms with Crippen LogP contribution in [0.4, 0.5) is 11.4 Å². The zero-order chi connectivity index (χ0) is 30.6. The topological polar surface area (TPSA) is 86.7 Å². The van der Waals surface area contributed by atoms with Crippen LogP contribution in [0.1, 0.15) is 126 Å². The molecule has 2 N–H and O–H groups in total. The maximum absolute atomic E-state index is 12.8. The van der Waals surface area contributed by atoms with E-state index in [9.17, 15) is 19.5 Å². The number of hydrogen-bond donors (Lipinski definition) is 2. The molecule has 2 rings (SSSR count). The Kier molecular flexibility index (Phi) is 17.7. The van der Waals surface area contributed by atoms with Gasteiger partial charge in [0.15, 0.2) is 0 Å². The fourth-order valence-corrected chi connectivity index (χ4v) is 5.67. The first-order valence-corrected chi connectivity index (χ1v) is 17.1. The van der Waals surface area contributed by atoms with E-state index >= 15 is 0 Å². The van der Waals surface area contributed by atoms with Gasteiger partial charge in [0.25, 0.3) is 0 Å². The zero-order valence-corrected chi connectivity index (χ0v) is 26.9. The van der Waals surface area contributed by atoms with Crippen molar-refractivity contribution in [3.8, 4) is 0 Å². The van der Waals surface area contributed by atoms with Crippen LogP contribution >= 0.6 is 11.8 Å². The van der Waals surface area contributed by atoms with E-state index in [-0.39, 0.29) is 23.8 Å². The molecule has 0 aliphatic heterocycles. The first-order chi connectivity index (χ1) is 20.3. The average molecular weight is 597 g/mol. The summed E-state index contributed by atoms with van der Waals surface area (Å²) in [4.78, 5) is 38.9. The normalized spacial score (nSPS) is 10.9. The van der Waals surface area contributed by atoms with E-state index in [4.69, 9.17) is 0 Å². The van der Waals surface area contributed by atoms with Crippen molar-refractivity contribution in [3.63, 3.8) is 0 Å². The highest BCUT2D eigenvalue weighted by Crippen LogP contribution is 2.26. The molecule has 0 heterocycles. The highest BCUT2D eigenvalue weighted by atomic mass is 32.2. The van der Waals surface area contributed by atoms with Crippen LogP contribution in [0.3, 0.4) is 0 Å². The fraction of sp³-hybridized carbons (Fsp3) is 0.571. The van der Waals surface area contributed by atoms with Gasteiger partial charge in [0.05, 0.1) is 12.0 Å². The van der Waals surface area contributed by atoms with Gasteiger partial charge >= 0.3 is 5.97 Å². The molecule has 0 aliphatic carbocycles. The second-order valence-electron chi connectivity index (χ2n) is 11.3. The maximum atomic E-state index is 12.8. The van der Waals surface area contributed by atoms with E-state index in [0.29, 0.717) is 17.0 Å². The van der Waals surface area contributed by atoms with Crippen LogP contribution in [0.25, 0.3) is 0 Å². The quantitative estimate of drug-likeness (QED) is 0.104. The summed E-state index contributed by atoms with van der Waals surface area (Å²) in [7, 11) is 1.65. The molecule has 0 atom stereocenters. The van der Waals surface area contributed by atoms with E-state index < -0.39 is 5.97 Å². The van der Waals surface area contributed by atoms with Gasteiger partial charge in [0.1, 0.15) is 0 Å². The molecule has 2 amide bonds. The third-order valence-electron chi connectivity index (χ3n) is 7.78. The number of carboxylic acid groups (broad SMARTS) is 1. The summed E-state index contributed by atoms with van der Waals surface area (Å²) in [6, 6.07) is 12.3. The Hall–Kier alpha value is -2.80. The van der Waals surface area contributed by atoms with Gasteiger partial charge in [0, 0.05) is 29.7 Å². The van der Waals surface area contributed by atoms with Gasteiger partial charge in [0.2, 0.25) is 11.8 Å². The molecule has 0 spiro atoms. The van der Waals surface area contributed by atoms with Gasteiger partial charge in [-0.2, -0.15) is 0 Å². The molecule has 2 aromatic carbocycles. The van der Waals surface area contributed by atoms with Crippen molar-refractivity contribution in [3.05, 3.63) is 53.6 Å². The van der Waals surface area contributed by atoms with Crippen LogP contribution in [0, 0.1) is 0 Å². The third kappa shape index (κ3) is 13.9. The average Bonchev–Trinajstić information content (AvgIpc) is 2.99. The number of likely N-dealkylation sites (N-methyl/N-ethyl adjacent to an activating group) is 1. The van der Waals surface area contributed by atoms with Crippen LogP contribution < -0.4 is 10.2 Å². The molecule has 0 fully saturated rings. The summed E-state index contributed by atoms with van der Waals surface area (Å²) >= 11 is 1.36. The van der Waals surface area contributed by atoms with Crippen LogP contribution in [0.5, 0.6) is 0 Å². The van der Waals surface area contributed by atoms with Crippen LogP contribution in [-0.2, 0) is 16.0 Å². The molecule has 0 saturated heterocycles. The van der Waals surface area contributed by atoms with Gasteiger partial charge in [-0.1, -0.05) is 109 Å². The number of aromatic carboxylic acids is 1. The minimum absolute atomic E-state index is 0.0242. The Balaban J connectivity index is 1.58. The predicted octanol–water partition coefficient (Wildman–Crippen LogP) is 9.51. The molecule has 0 aromatic heterocycles. The Labute approximate surface area is 258 Å². The first kappa shape index (κ1) is 35.4. The number of anilines is 2. The molecular formula is C35H52N2O4S. The fourth-order valence-electron chi connectivity index (χ4n) is 5.10. The number of unbranched alkanes of at least 4 members (excludes halogenated alkanes) is 14. The maximum Gasteiger partial charge on any atom is 0.336 e. The number of rotatable bonds is 22. The van der Waals surface area contributed by atoms with E-state index in [1.54, 1.807) is 19.2 Å². The van der Waals surface area contributed by atoms with Gasteiger partial charge < -0.3 is 15.3 Å². The summed E-state index contributed by atoms with van der Waals surface area (Å²) in [5.41, 5.74) is 2.28. The van der Waals surface area contributed by atoms with Crippen molar-refractivity contribution in [1.82, 2.24) is 0 Å². The number of carbonyl (C=O) groups excluding carboxylic acids is 2. The van der Waals surface area contributed by atoms with Crippen molar-refractivity contribution in [2.45, 2.75) is 121 Å². The number of carbonyl (C=O) groups is 3. The second-order valence-corrected chi connectivity index (χ2v) is 12.1. The number of hydrogen-bond acceptors (Lipinski definition) is 4. The standard InChI is InChI=1S/C35H52N2O4S/c1-4-5-6-7-8-9-10-11-12-13-14-15-16-17-18-19-33(38)36-29-22-20-28(21-23-29)26-34(39)37(2)30-24-25-32(42-3)31(27-30)35(40)41/h20-25,27H,4-19,26H2,1-3H3,(H,36,38)(H,40,41). The highest BCUT2D eigenvalue weighted by molar-refractivity contribution is 7.98. The monoisotopic (exact) mass is 596 g/mol. The minimum atomic E-state index is -1.01. The smallest absolute Gasteiger partial charge is 0.336 e. The molecule has 0 aliphatic rings. The molecule has 0 unspecified atom stereocenters. The highest BCUT2D eigenvalue weighted by Gasteiger charge is 2.16. The summed E-state index contributed by atoms with van der Waals surface area (Å²) in [5, 5.41) is 12.4. The summed E-state index contributed by atoms with van der Waals surface area (Å²) < 4.78 is 0. The number of thioether (sulfide) groups is 1. The number of carboxylic acids is 1. The van der Waals surface area contributed by atoms with Crippen LogP contribution in [0.15, 0.2) is 47.4 Å². The van der Waals surface area contributed by atoms with Crippen molar-refractivity contribution in [2.75, 3.05) is 23.5 Å². The van der Waals surface area contributed by atoms with E-state index in [1.807, 2.05) is 30.5 Å². The predicted molar refractivity (Wildman–Crippen MR) is 177 cm³/mol. The van der Waals surface area contributed by atoms with Gasteiger partial charge in [-0.25, -0.2) is 4.79 Å². The number of amides is 2. The molecular weight excluding hydrogens is 544 g/mol. The molecule has 7 heteroatoms. The zero-order valence-electron chi connectivity index (χ0n) is 26.1. The van der Waals surface area contributed by atoms with Gasteiger partial charge in [-0.15, -0.1) is 11.8 Å². The Morgan fingerprint density at radius 2 is 1.29 bits per heavy atom. The SMILES string of the molecule is CCCCCCCCCCCCCCCCCC(=O)Nc1ccc(CC(=O)N(C)c2ccc(SC)c(C(=O)O)c2)cc1. The van der Waals surface area contributed by atoms with Crippen LogP contribution in [0.2, 0.25) is 0 Å². The molecule has 232 valence electrons. The Bertz CT molecular complexity index is 1090. The van der Waals surface area contributed by atoms with Crippen molar-refractivity contribution in [2.24, 2.45) is 0 Å². The number of benzene rings is 2. The van der Waals surface area contributed by atoms with Crippen LogP contribution in [-0.4, -0.2) is 36.2 Å². The van der Waals surface area contributed by atoms with Crippen molar-refractivity contribution < 1.29 is 19.5 Å². The third-order valence-corrected chi connectivity index (χ3v) is 8.57. The van der Waals surface area contributed by atoms with E-state index in [0.717, 1.165) is 24.1 Å². The minimum Gasteiger partial charge on any atom is -0.478 e. The van der Waals surface area contributed by atoms with Crippen molar-refractivity contribution in [1.29, 1.82) is 0 Å². The summed E-state index contributed by atoms with van der Waals surface area (Å²) in [6.07, 6.45) is 22.1. The molecule has 2 aromatic rings. The lowest BCUT2D eigenvalue weighted by molar-refractivity contribution is -0.118. The van der Waals surface area contributed by atoms with Crippen molar-refractivity contribution >= 4 is 40.9 Å². The summed E-state index contributed by atoms with van der Waals surface area (Å²) in [6.45, 7) is 2.27. The molecule has 6 nitrogen and oxygen atoms in total. The molecule has 0 saturated carbocycles. The largest absolute Gasteiger partial charge is 0.478 e. The van der Waals surface area contributed by atoms with E-state index in [1.165, 1.54) is 106 Å². The lowest BCUT2D eigenvalue weighted by Crippen LogP contribution is -2.28. The Morgan fingerprint density at radius 3 is 1.79 bits per heavy atom. The number of nitrogens with one attached hydrogen (secondary N) is 1. The first-order valence-electron chi connectivity index (χ1n) is 15.9. The molecule has 0 bridgehead atoms. The summed E-state index contributed by atoms with van der Waals surface area (Å²) in [5.74, 6) is -1.14. The molecule has 0 radical (unpaired) electrons. The van der Waals surface area contributed by atoms with Gasteiger partial charge in [-0.3, -0.25) is 9.59 Å². The lowest BCUT2D eigenvalue weighted by Gasteiger charge is -2.19. The van der Waals surface area contributed by atoms with Gasteiger partial charge in [-0.05, 0) is 48.6 Å². The Morgan fingerprint density at radius 1 is 0.762 bits per heavy atom. The van der Waals surface area contributed by atoms with E-state index in [2.05, 4.69) is 12.2 Å². The second kappa shape index (κ2) is 21.0. The number of nitrogens with zero attached hydrogens (tertiary/aromatic N) is 1. The molecule has 42 heavy (non-hydrogen) atoms.